The van der Waals surface area contributed by atoms with Crippen LogP contribution < -0.4 is 5.73 Å². The Morgan fingerprint density at radius 3 is 2.71 bits per heavy atom. The van der Waals surface area contributed by atoms with Crippen molar-refractivity contribution in [1.82, 2.24) is 15.0 Å². The van der Waals surface area contributed by atoms with Crippen LogP contribution in [0, 0.1) is 6.92 Å². The molecule has 2 N–H and O–H groups in total. The summed E-state index contributed by atoms with van der Waals surface area (Å²) in [5, 5.41) is 8.08. The average Bonchev–Trinajstić information content (AvgIpc) is 2.64. The van der Waals surface area contributed by atoms with Crippen molar-refractivity contribution in [3.8, 4) is 5.69 Å². The van der Waals surface area contributed by atoms with Gasteiger partial charge >= 0.3 is 0 Å². The average molecular weight is 295 g/mol. The lowest BCUT2D eigenvalue weighted by atomic mass is 10.1. The summed E-state index contributed by atoms with van der Waals surface area (Å²) in [6.07, 6.45) is 0. The quantitative estimate of drug-likeness (QED) is 0.926. The Kier molecular flexibility index (Phi) is 3.19. The van der Waals surface area contributed by atoms with Crippen LogP contribution in [0.3, 0.4) is 0 Å². The van der Waals surface area contributed by atoms with Gasteiger partial charge in [-0.15, -0.1) is 5.10 Å². The fourth-order valence-corrected chi connectivity index (χ4v) is 2.22. The minimum Gasteiger partial charge on any atom is -0.381 e. The number of benzene rings is 1. The molecule has 0 aliphatic carbocycles. The number of nitrogen functional groups attached to an aromatic ring is 1. The number of aryl methyl sites for hydroxylation is 1. The molecule has 0 fully saturated rings. The molecule has 0 spiro atoms. The highest BCUT2D eigenvalue weighted by Gasteiger charge is 2.16. The van der Waals surface area contributed by atoms with Crippen LogP contribution in [0.2, 0.25) is 0 Å². The zero-order chi connectivity index (χ0) is 12.6. The van der Waals surface area contributed by atoms with E-state index < -0.39 is 0 Å². The molecule has 0 atom stereocenters. The van der Waals surface area contributed by atoms with E-state index in [0.29, 0.717) is 5.82 Å². The lowest BCUT2D eigenvalue weighted by molar-refractivity contribution is 0.714. The number of hydrogen-bond donors (Lipinski definition) is 1. The molecule has 0 bridgehead atoms. The van der Waals surface area contributed by atoms with Gasteiger partial charge in [-0.1, -0.05) is 25.1 Å². The first-order valence-electron chi connectivity index (χ1n) is 5.48. The molecular weight excluding hydrogens is 280 g/mol. The Morgan fingerprint density at radius 2 is 2.06 bits per heavy atom. The summed E-state index contributed by atoms with van der Waals surface area (Å²) in [5.74, 6) is 0.769. The van der Waals surface area contributed by atoms with Crippen molar-refractivity contribution < 1.29 is 0 Å². The van der Waals surface area contributed by atoms with E-state index in [1.54, 1.807) is 4.68 Å². The van der Waals surface area contributed by atoms with Crippen LogP contribution in [0.5, 0.6) is 0 Å². The molecule has 1 heterocycles. The molecule has 0 unspecified atom stereocenters. The highest BCUT2D eigenvalue weighted by atomic mass is 79.9. The third kappa shape index (κ3) is 2.20. The van der Waals surface area contributed by atoms with Gasteiger partial charge in [-0.25, -0.2) is 4.68 Å². The second-order valence-corrected chi connectivity index (χ2v) is 5.24. The molecule has 17 heavy (non-hydrogen) atoms. The Morgan fingerprint density at radius 1 is 1.35 bits per heavy atom. The molecule has 0 radical (unpaired) electrons. The van der Waals surface area contributed by atoms with Crippen LogP contribution in [0.4, 0.5) is 5.82 Å². The smallest absolute Gasteiger partial charge is 0.169 e. The van der Waals surface area contributed by atoms with Gasteiger partial charge < -0.3 is 5.73 Å². The van der Waals surface area contributed by atoms with Crippen molar-refractivity contribution in [2.45, 2.75) is 26.7 Å². The predicted octanol–water partition coefficient (Wildman–Crippen LogP) is 3.04. The van der Waals surface area contributed by atoms with Crippen molar-refractivity contribution in [3.63, 3.8) is 0 Å². The van der Waals surface area contributed by atoms with Crippen LogP contribution >= 0.6 is 15.9 Å². The third-order valence-corrected chi connectivity index (χ3v) is 3.28. The molecular formula is C12H15BrN4. The summed E-state index contributed by atoms with van der Waals surface area (Å²) in [4.78, 5) is 0. The van der Waals surface area contributed by atoms with Gasteiger partial charge in [0.1, 0.15) is 0 Å². The first kappa shape index (κ1) is 12.1. The van der Waals surface area contributed by atoms with Crippen molar-refractivity contribution in [1.29, 1.82) is 0 Å². The van der Waals surface area contributed by atoms with Gasteiger partial charge in [0.05, 0.1) is 11.4 Å². The maximum Gasteiger partial charge on any atom is 0.169 e. The van der Waals surface area contributed by atoms with Crippen LogP contribution in [0.25, 0.3) is 5.69 Å². The number of hydrogen-bond acceptors (Lipinski definition) is 3. The second kappa shape index (κ2) is 4.49. The summed E-state index contributed by atoms with van der Waals surface area (Å²) in [6.45, 7) is 6.20. The summed E-state index contributed by atoms with van der Waals surface area (Å²) >= 11 is 3.53. The van der Waals surface area contributed by atoms with Gasteiger partial charge in [0.2, 0.25) is 0 Å². The van der Waals surface area contributed by atoms with E-state index in [1.165, 1.54) is 5.56 Å². The van der Waals surface area contributed by atoms with Gasteiger partial charge in [0.25, 0.3) is 0 Å². The SMILES string of the molecule is Cc1ccc(Br)c(-n2nnc(N)c2C(C)C)c1. The fourth-order valence-electron chi connectivity index (χ4n) is 1.80. The molecule has 0 amide bonds. The Labute approximate surface area is 109 Å². The number of nitrogens with zero attached hydrogens (tertiary/aromatic N) is 3. The molecule has 5 heteroatoms. The summed E-state index contributed by atoms with van der Waals surface area (Å²) in [6, 6.07) is 6.11. The molecule has 0 aliphatic rings. The summed E-state index contributed by atoms with van der Waals surface area (Å²) in [5.41, 5.74) is 8.94. The third-order valence-electron chi connectivity index (χ3n) is 2.61. The van der Waals surface area contributed by atoms with Gasteiger partial charge in [-0.05, 0) is 46.5 Å². The normalized spacial score (nSPS) is 11.1. The van der Waals surface area contributed by atoms with E-state index in [2.05, 4.69) is 46.2 Å². The zero-order valence-electron chi connectivity index (χ0n) is 10.1. The van der Waals surface area contributed by atoms with E-state index in [9.17, 15) is 0 Å². The van der Waals surface area contributed by atoms with Crippen molar-refractivity contribution in [3.05, 3.63) is 33.9 Å². The number of aromatic nitrogens is 3. The van der Waals surface area contributed by atoms with Gasteiger partial charge in [0, 0.05) is 4.47 Å². The highest BCUT2D eigenvalue weighted by Crippen LogP contribution is 2.27. The molecule has 1 aromatic carbocycles. The molecule has 4 nitrogen and oxygen atoms in total. The lowest BCUT2D eigenvalue weighted by Gasteiger charge is -2.11. The summed E-state index contributed by atoms with van der Waals surface area (Å²) in [7, 11) is 0. The van der Waals surface area contributed by atoms with Gasteiger partial charge in [-0.3, -0.25) is 0 Å². The first-order chi connectivity index (χ1) is 8.00. The molecule has 0 saturated heterocycles. The second-order valence-electron chi connectivity index (χ2n) is 4.38. The van der Waals surface area contributed by atoms with E-state index in [-0.39, 0.29) is 5.92 Å². The standard InChI is InChI=1S/C12H15BrN4/c1-7(2)11-12(14)15-16-17(11)10-6-8(3)4-5-9(10)13/h4-7H,14H2,1-3H3. The number of nitrogens with two attached hydrogens (primary N) is 1. The Balaban J connectivity index is 2.64. The predicted molar refractivity (Wildman–Crippen MR) is 72.3 cm³/mol. The van der Waals surface area contributed by atoms with Crippen LogP contribution in [0.15, 0.2) is 22.7 Å². The van der Waals surface area contributed by atoms with E-state index in [4.69, 9.17) is 5.73 Å². The lowest BCUT2D eigenvalue weighted by Crippen LogP contribution is -2.06. The maximum atomic E-state index is 5.86. The molecule has 0 saturated carbocycles. The maximum absolute atomic E-state index is 5.86. The van der Waals surface area contributed by atoms with Crippen molar-refractivity contribution in [2.75, 3.05) is 5.73 Å². The molecule has 2 aromatic rings. The van der Waals surface area contributed by atoms with Crippen molar-refractivity contribution in [2.24, 2.45) is 0 Å². The fraction of sp³-hybridized carbons (Fsp3) is 0.333. The highest BCUT2D eigenvalue weighted by molar-refractivity contribution is 9.10. The van der Waals surface area contributed by atoms with Gasteiger partial charge in [0.15, 0.2) is 5.82 Å². The topological polar surface area (TPSA) is 56.7 Å². The largest absolute Gasteiger partial charge is 0.381 e. The number of rotatable bonds is 2. The van der Waals surface area contributed by atoms with Gasteiger partial charge in [-0.2, -0.15) is 0 Å². The minimum absolute atomic E-state index is 0.275. The monoisotopic (exact) mass is 294 g/mol. The molecule has 0 aliphatic heterocycles. The summed E-state index contributed by atoms with van der Waals surface area (Å²) < 4.78 is 2.78. The van der Waals surface area contributed by atoms with Crippen LogP contribution in [-0.2, 0) is 0 Å². The number of anilines is 1. The first-order valence-corrected chi connectivity index (χ1v) is 6.27. The number of halogens is 1. The van der Waals surface area contributed by atoms with E-state index in [1.807, 2.05) is 19.1 Å². The molecule has 1 aromatic heterocycles. The van der Waals surface area contributed by atoms with E-state index in [0.717, 1.165) is 15.9 Å². The van der Waals surface area contributed by atoms with Crippen LogP contribution in [0.1, 0.15) is 31.0 Å². The zero-order valence-corrected chi connectivity index (χ0v) is 11.7. The Hall–Kier alpha value is -1.36. The Bertz CT molecular complexity index is 545. The van der Waals surface area contributed by atoms with E-state index >= 15 is 0 Å². The molecule has 2 rings (SSSR count). The minimum atomic E-state index is 0.275. The van der Waals surface area contributed by atoms with Crippen LogP contribution in [-0.4, -0.2) is 15.0 Å². The molecule has 90 valence electrons. The van der Waals surface area contributed by atoms with Crippen molar-refractivity contribution >= 4 is 21.7 Å².